The number of nitrogens with zero attached hydrogens (tertiary/aromatic N) is 2. The van der Waals surface area contributed by atoms with Gasteiger partial charge in [0.1, 0.15) is 11.5 Å². The van der Waals surface area contributed by atoms with Crippen molar-refractivity contribution in [3.8, 4) is 11.4 Å². The molecule has 0 saturated carbocycles. The summed E-state index contributed by atoms with van der Waals surface area (Å²) in [5.41, 5.74) is 2.04. The van der Waals surface area contributed by atoms with Crippen LogP contribution < -0.4 is 0 Å². The fraction of sp³-hybridized carbons (Fsp3) is 0.200. The number of aromatic nitrogens is 3. The van der Waals surface area contributed by atoms with Crippen LogP contribution in [0.1, 0.15) is 25.5 Å². The Labute approximate surface area is 124 Å². The van der Waals surface area contributed by atoms with E-state index in [1.807, 2.05) is 6.20 Å². The fourth-order valence-corrected chi connectivity index (χ4v) is 2.71. The second-order valence-corrected chi connectivity index (χ2v) is 5.78. The van der Waals surface area contributed by atoms with Crippen molar-refractivity contribution in [3.05, 3.63) is 46.4 Å². The van der Waals surface area contributed by atoms with E-state index in [1.165, 1.54) is 6.07 Å². The summed E-state index contributed by atoms with van der Waals surface area (Å²) in [4.78, 5) is 12.1. The number of rotatable bonds is 2. The molecule has 0 saturated heterocycles. The predicted molar refractivity (Wildman–Crippen MR) is 81.1 cm³/mol. The monoisotopic (exact) mass is 333 g/mol. The van der Waals surface area contributed by atoms with Gasteiger partial charge in [0, 0.05) is 10.7 Å². The molecule has 0 amide bonds. The highest BCUT2D eigenvalue weighted by Crippen LogP contribution is 2.31. The summed E-state index contributed by atoms with van der Waals surface area (Å²) in [5.74, 6) is 0.318. The Kier molecular flexibility index (Phi) is 3.30. The highest BCUT2D eigenvalue weighted by Gasteiger charge is 2.17. The van der Waals surface area contributed by atoms with Gasteiger partial charge in [0.2, 0.25) is 0 Å². The first-order chi connectivity index (χ1) is 9.58. The molecule has 0 atom stereocenters. The number of benzene rings is 1. The van der Waals surface area contributed by atoms with Gasteiger partial charge in [-0.3, -0.25) is 0 Å². The number of fused-ring (bicyclic) bond motifs is 1. The first-order valence-corrected chi connectivity index (χ1v) is 7.16. The second kappa shape index (κ2) is 4.98. The van der Waals surface area contributed by atoms with Crippen LogP contribution in [0.5, 0.6) is 0 Å². The first kappa shape index (κ1) is 13.2. The van der Waals surface area contributed by atoms with Crippen LogP contribution in [0.15, 0.2) is 34.9 Å². The molecule has 2 heterocycles. The lowest BCUT2D eigenvalue weighted by molar-refractivity contribution is 0.629. The van der Waals surface area contributed by atoms with Crippen LogP contribution in [-0.2, 0) is 0 Å². The summed E-state index contributed by atoms with van der Waals surface area (Å²) < 4.78 is 14.8. The third-order valence-corrected chi connectivity index (χ3v) is 3.80. The number of hydrogen-bond acceptors (Lipinski definition) is 2. The highest BCUT2D eigenvalue weighted by molar-refractivity contribution is 9.10. The molecule has 0 bridgehead atoms. The highest BCUT2D eigenvalue weighted by atomic mass is 79.9. The Morgan fingerprint density at radius 3 is 2.65 bits per heavy atom. The molecular formula is C15H13BrFN3. The van der Waals surface area contributed by atoms with Gasteiger partial charge in [-0.2, -0.15) is 0 Å². The van der Waals surface area contributed by atoms with Gasteiger partial charge in [-0.1, -0.05) is 26.0 Å². The molecule has 3 rings (SSSR count). The van der Waals surface area contributed by atoms with Gasteiger partial charge in [0.05, 0.1) is 16.6 Å². The maximum absolute atomic E-state index is 13.9. The quantitative estimate of drug-likeness (QED) is 0.741. The number of nitrogens with one attached hydrogen (secondary N) is 1. The average Bonchev–Trinajstić information content (AvgIpc) is 2.80. The molecule has 2 aromatic heterocycles. The Morgan fingerprint density at radius 1 is 1.20 bits per heavy atom. The average molecular weight is 334 g/mol. The molecule has 20 heavy (non-hydrogen) atoms. The number of hydrogen-bond donors (Lipinski definition) is 1. The van der Waals surface area contributed by atoms with Gasteiger partial charge < -0.3 is 4.98 Å². The maximum atomic E-state index is 13.9. The molecule has 102 valence electrons. The molecular weight excluding hydrogens is 321 g/mol. The number of H-pyrrole nitrogens is 1. The third-order valence-electron chi connectivity index (χ3n) is 3.17. The van der Waals surface area contributed by atoms with Crippen LogP contribution in [0, 0.1) is 5.82 Å². The molecule has 3 aromatic rings. The van der Waals surface area contributed by atoms with Crippen LogP contribution in [0.4, 0.5) is 4.39 Å². The summed E-state index contributed by atoms with van der Waals surface area (Å²) in [6.45, 7) is 4.12. The summed E-state index contributed by atoms with van der Waals surface area (Å²) in [6.07, 6.45) is 1.83. The zero-order chi connectivity index (χ0) is 14.3. The minimum absolute atomic E-state index is 0.220. The molecule has 1 aromatic carbocycles. The van der Waals surface area contributed by atoms with Crippen LogP contribution in [-0.4, -0.2) is 15.0 Å². The Bertz CT molecular complexity index is 780. The van der Waals surface area contributed by atoms with E-state index in [4.69, 9.17) is 0 Å². The summed E-state index contributed by atoms with van der Waals surface area (Å²) in [7, 11) is 0. The number of halogens is 2. The zero-order valence-corrected chi connectivity index (χ0v) is 12.7. The first-order valence-electron chi connectivity index (χ1n) is 6.37. The van der Waals surface area contributed by atoms with Crippen LogP contribution in [0.3, 0.4) is 0 Å². The lowest BCUT2D eigenvalue weighted by Gasteiger charge is -2.10. The predicted octanol–water partition coefficient (Wildman–Crippen LogP) is 4.65. The van der Waals surface area contributed by atoms with E-state index in [2.05, 4.69) is 44.7 Å². The normalized spacial score (nSPS) is 11.4. The van der Waals surface area contributed by atoms with Gasteiger partial charge in [-0.15, -0.1) is 0 Å². The molecule has 5 heteroatoms. The van der Waals surface area contributed by atoms with Crippen molar-refractivity contribution in [1.82, 2.24) is 15.0 Å². The lowest BCUT2D eigenvalue weighted by atomic mass is 10.1. The largest absolute Gasteiger partial charge is 0.345 e. The van der Waals surface area contributed by atoms with E-state index in [-0.39, 0.29) is 11.7 Å². The maximum Gasteiger partial charge on any atom is 0.164 e. The Morgan fingerprint density at radius 2 is 1.95 bits per heavy atom. The minimum Gasteiger partial charge on any atom is -0.345 e. The molecule has 1 N–H and O–H groups in total. The van der Waals surface area contributed by atoms with E-state index in [1.54, 1.807) is 18.2 Å². The van der Waals surface area contributed by atoms with E-state index in [0.29, 0.717) is 17.0 Å². The summed E-state index contributed by atoms with van der Waals surface area (Å²) in [6, 6.07) is 6.55. The van der Waals surface area contributed by atoms with Gasteiger partial charge in [0.25, 0.3) is 0 Å². The van der Waals surface area contributed by atoms with Crippen LogP contribution >= 0.6 is 15.9 Å². The van der Waals surface area contributed by atoms with Crippen molar-refractivity contribution < 1.29 is 4.39 Å². The van der Waals surface area contributed by atoms with Gasteiger partial charge in [-0.25, -0.2) is 14.4 Å². The van der Waals surface area contributed by atoms with Crippen LogP contribution in [0.2, 0.25) is 0 Å². The molecule has 0 spiro atoms. The topological polar surface area (TPSA) is 41.6 Å². The van der Waals surface area contributed by atoms with Crippen LogP contribution in [0.25, 0.3) is 22.4 Å². The SMILES string of the molecule is CC(C)c1nc(-c2ccccc2F)nc2[nH]cc(Br)c12. The lowest BCUT2D eigenvalue weighted by Crippen LogP contribution is -2.00. The van der Waals surface area contributed by atoms with E-state index in [0.717, 1.165) is 15.6 Å². The van der Waals surface area contributed by atoms with Crippen molar-refractivity contribution >= 4 is 27.0 Å². The van der Waals surface area contributed by atoms with Crippen molar-refractivity contribution in [2.45, 2.75) is 19.8 Å². The molecule has 0 aliphatic heterocycles. The fourth-order valence-electron chi connectivity index (χ4n) is 2.20. The molecule has 0 aliphatic carbocycles. The van der Waals surface area contributed by atoms with Gasteiger partial charge in [0.15, 0.2) is 5.82 Å². The van der Waals surface area contributed by atoms with E-state index >= 15 is 0 Å². The minimum atomic E-state index is -0.313. The number of aromatic amines is 1. The third kappa shape index (κ3) is 2.12. The van der Waals surface area contributed by atoms with E-state index in [9.17, 15) is 4.39 Å². The zero-order valence-electron chi connectivity index (χ0n) is 11.1. The van der Waals surface area contributed by atoms with Crippen molar-refractivity contribution in [2.24, 2.45) is 0 Å². The van der Waals surface area contributed by atoms with Gasteiger partial charge >= 0.3 is 0 Å². The van der Waals surface area contributed by atoms with Gasteiger partial charge in [-0.05, 0) is 34.0 Å². The van der Waals surface area contributed by atoms with E-state index < -0.39 is 0 Å². The molecule has 0 fully saturated rings. The summed E-state index contributed by atoms with van der Waals surface area (Å²) >= 11 is 3.50. The summed E-state index contributed by atoms with van der Waals surface area (Å²) in [5, 5.41) is 0.958. The standard InChI is InChI=1S/C15H13BrFN3/c1-8(2)13-12-10(16)7-18-15(12)20-14(19-13)9-5-3-4-6-11(9)17/h3-8H,1-2H3,(H,18,19,20). The molecule has 0 radical (unpaired) electrons. The Hall–Kier alpha value is -1.75. The van der Waals surface area contributed by atoms with Crippen molar-refractivity contribution in [1.29, 1.82) is 0 Å². The molecule has 0 aliphatic rings. The van der Waals surface area contributed by atoms with Crippen molar-refractivity contribution in [2.75, 3.05) is 0 Å². The smallest absolute Gasteiger partial charge is 0.164 e. The Balaban J connectivity index is 2.31. The second-order valence-electron chi connectivity index (χ2n) is 4.93. The molecule has 0 unspecified atom stereocenters. The van der Waals surface area contributed by atoms with Crippen molar-refractivity contribution in [3.63, 3.8) is 0 Å². The molecule has 3 nitrogen and oxygen atoms in total.